The largest absolute Gasteiger partial charge is 0.495 e. The van der Waals surface area contributed by atoms with Crippen LogP contribution in [-0.2, 0) is 14.8 Å². The number of carbonyl (C=O) groups is 1. The first-order valence-corrected chi connectivity index (χ1v) is 11.0. The second-order valence-electron chi connectivity index (χ2n) is 6.93. The summed E-state index contributed by atoms with van der Waals surface area (Å²) in [5.41, 5.74) is 3.34. The highest BCUT2D eigenvalue weighted by Crippen LogP contribution is 2.43. The fraction of sp³-hybridized carbons (Fsp3) is 0.136. The van der Waals surface area contributed by atoms with Crippen LogP contribution in [0, 0.1) is 6.92 Å². The average molecular weight is 443 g/mol. The van der Waals surface area contributed by atoms with Gasteiger partial charge in [-0.15, -0.1) is 0 Å². The van der Waals surface area contributed by atoms with Crippen LogP contribution >= 0.6 is 11.6 Å². The van der Waals surface area contributed by atoms with E-state index in [1.807, 2.05) is 19.1 Å². The topological polar surface area (TPSA) is 75.7 Å². The molecule has 1 aliphatic heterocycles. The Morgan fingerprint density at radius 3 is 2.57 bits per heavy atom. The lowest BCUT2D eigenvalue weighted by molar-refractivity contribution is -0.114. The van der Waals surface area contributed by atoms with Crippen molar-refractivity contribution in [1.82, 2.24) is 0 Å². The third kappa shape index (κ3) is 3.51. The maximum atomic E-state index is 13.3. The van der Waals surface area contributed by atoms with Crippen molar-refractivity contribution >= 4 is 38.9 Å². The summed E-state index contributed by atoms with van der Waals surface area (Å²) in [5.74, 6) is -0.0000993. The number of hydrogen-bond donors (Lipinski definition) is 1. The third-order valence-electron chi connectivity index (χ3n) is 4.89. The maximum absolute atomic E-state index is 13.3. The molecule has 0 radical (unpaired) electrons. The van der Waals surface area contributed by atoms with E-state index in [1.54, 1.807) is 48.5 Å². The van der Waals surface area contributed by atoms with E-state index in [0.29, 0.717) is 27.7 Å². The van der Waals surface area contributed by atoms with E-state index in [4.69, 9.17) is 16.3 Å². The summed E-state index contributed by atoms with van der Waals surface area (Å²) in [6, 6.07) is 17.1. The molecule has 0 unspecified atom stereocenters. The first-order valence-electron chi connectivity index (χ1n) is 9.17. The van der Waals surface area contributed by atoms with Gasteiger partial charge >= 0.3 is 0 Å². The Labute approximate surface area is 180 Å². The van der Waals surface area contributed by atoms with Gasteiger partial charge in [-0.3, -0.25) is 9.10 Å². The molecule has 0 spiro atoms. The number of rotatable bonds is 4. The molecular weight excluding hydrogens is 424 g/mol. The van der Waals surface area contributed by atoms with E-state index in [-0.39, 0.29) is 11.4 Å². The maximum Gasteiger partial charge on any atom is 0.265 e. The molecule has 0 aromatic heterocycles. The van der Waals surface area contributed by atoms with E-state index in [0.717, 1.165) is 15.4 Å². The molecule has 0 fully saturated rings. The van der Waals surface area contributed by atoms with E-state index < -0.39 is 15.9 Å². The standard InChI is InChI=1S/C22H19ClN2O4S/c1-14-7-9-19-17(11-14)16-5-3-4-6-21(16)30(27,28)25(19)13-22(26)24-15-8-10-20(29-2)18(23)12-15/h3-12H,13H2,1-2H3,(H,24,26). The minimum Gasteiger partial charge on any atom is -0.495 e. The van der Waals surface area contributed by atoms with Gasteiger partial charge in [-0.1, -0.05) is 41.4 Å². The number of sulfonamides is 1. The summed E-state index contributed by atoms with van der Waals surface area (Å²) in [7, 11) is -2.39. The normalized spacial score (nSPS) is 13.9. The van der Waals surface area contributed by atoms with Crippen molar-refractivity contribution in [3.05, 3.63) is 71.2 Å². The molecule has 0 bridgehead atoms. The number of amides is 1. The predicted molar refractivity (Wildman–Crippen MR) is 118 cm³/mol. The number of carbonyl (C=O) groups excluding carboxylic acids is 1. The number of hydrogen-bond acceptors (Lipinski definition) is 4. The van der Waals surface area contributed by atoms with E-state index in [9.17, 15) is 13.2 Å². The molecular formula is C22H19ClN2O4S. The molecule has 1 heterocycles. The molecule has 0 saturated heterocycles. The lowest BCUT2D eigenvalue weighted by Gasteiger charge is -2.31. The predicted octanol–water partition coefficient (Wildman–Crippen LogP) is 4.47. The van der Waals surface area contributed by atoms with Crippen LogP contribution in [0.3, 0.4) is 0 Å². The number of ether oxygens (including phenoxy) is 1. The molecule has 30 heavy (non-hydrogen) atoms. The molecule has 0 atom stereocenters. The number of methoxy groups -OCH3 is 1. The first kappa shape index (κ1) is 20.3. The van der Waals surface area contributed by atoms with Gasteiger partial charge in [0, 0.05) is 16.8 Å². The van der Waals surface area contributed by atoms with Crippen molar-refractivity contribution in [3.8, 4) is 16.9 Å². The Kier molecular flexibility index (Phi) is 5.17. The van der Waals surface area contributed by atoms with Crippen molar-refractivity contribution < 1.29 is 17.9 Å². The highest BCUT2D eigenvalue weighted by atomic mass is 35.5. The van der Waals surface area contributed by atoms with Gasteiger partial charge in [0.05, 0.1) is 22.7 Å². The van der Waals surface area contributed by atoms with Gasteiger partial charge in [0.25, 0.3) is 10.0 Å². The van der Waals surface area contributed by atoms with E-state index in [2.05, 4.69) is 5.32 Å². The quantitative estimate of drug-likeness (QED) is 0.646. The van der Waals surface area contributed by atoms with Gasteiger partial charge in [0.2, 0.25) is 5.91 Å². The van der Waals surface area contributed by atoms with Gasteiger partial charge in [-0.2, -0.15) is 0 Å². The van der Waals surface area contributed by atoms with E-state index >= 15 is 0 Å². The number of benzene rings is 3. The summed E-state index contributed by atoms with van der Waals surface area (Å²) in [5, 5.41) is 3.04. The number of nitrogens with one attached hydrogen (secondary N) is 1. The summed E-state index contributed by atoms with van der Waals surface area (Å²) < 4.78 is 32.8. The molecule has 0 aliphatic carbocycles. The second kappa shape index (κ2) is 7.66. The zero-order valence-corrected chi connectivity index (χ0v) is 17.9. The molecule has 1 N–H and O–H groups in total. The Morgan fingerprint density at radius 2 is 1.83 bits per heavy atom. The molecule has 1 aliphatic rings. The van der Waals surface area contributed by atoms with Crippen LogP contribution in [0.4, 0.5) is 11.4 Å². The van der Waals surface area contributed by atoms with Crippen molar-refractivity contribution in [3.63, 3.8) is 0 Å². The number of aryl methyl sites for hydroxylation is 1. The van der Waals surface area contributed by atoms with Crippen LogP contribution in [0.2, 0.25) is 5.02 Å². The smallest absolute Gasteiger partial charge is 0.265 e. The van der Waals surface area contributed by atoms with Crippen molar-refractivity contribution in [2.45, 2.75) is 11.8 Å². The number of anilines is 2. The Hall–Kier alpha value is -3.03. The van der Waals surface area contributed by atoms with Crippen molar-refractivity contribution in [1.29, 1.82) is 0 Å². The minimum absolute atomic E-state index is 0.184. The zero-order chi connectivity index (χ0) is 21.5. The fourth-order valence-electron chi connectivity index (χ4n) is 3.49. The molecule has 3 aromatic rings. The van der Waals surface area contributed by atoms with Gasteiger partial charge in [-0.25, -0.2) is 8.42 Å². The Bertz CT molecular complexity index is 1260. The summed E-state index contributed by atoms with van der Waals surface area (Å²) in [6.07, 6.45) is 0. The van der Waals surface area contributed by atoms with Crippen LogP contribution in [0.1, 0.15) is 5.56 Å². The van der Waals surface area contributed by atoms with E-state index in [1.165, 1.54) is 7.11 Å². The van der Waals surface area contributed by atoms with Crippen molar-refractivity contribution in [2.24, 2.45) is 0 Å². The average Bonchev–Trinajstić information content (AvgIpc) is 2.71. The Morgan fingerprint density at radius 1 is 1.07 bits per heavy atom. The SMILES string of the molecule is COc1ccc(NC(=O)CN2c3ccc(C)cc3-c3ccccc3S2(=O)=O)cc1Cl. The van der Waals surface area contributed by atoms with Crippen LogP contribution in [0.5, 0.6) is 5.75 Å². The lowest BCUT2D eigenvalue weighted by atomic mass is 10.0. The molecule has 3 aromatic carbocycles. The Balaban J connectivity index is 1.69. The third-order valence-corrected chi connectivity index (χ3v) is 7.00. The van der Waals surface area contributed by atoms with Gasteiger partial charge in [-0.05, 0) is 43.3 Å². The highest BCUT2D eigenvalue weighted by molar-refractivity contribution is 7.93. The lowest BCUT2D eigenvalue weighted by Crippen LogP contribution is -2.40. The van der Waals surface area contributed by atoms with Crippen molar-refractivity contribution in [2.75, 3.05) is 23.3 Å². The molecule has 8 heteroatoms. The monoisotopic (exact) mass is 442 g/mol. The van der Waals surface area contributed by atoms with Crippen LogP contribution in [-0.4, -0.2) is 28.0 Å². The van der Waals surface area contributed by atoms with Gasteiger partial charge in [0.15, 0.2) is 0 Å². The summed E-state index contributed by atoms with van der Waals surface area (Å²) >= 11 is 6.11. The van der Waals surface area contributed by atoms with Gasteiger partial charge < -0.3 is 10.1 Å². The first-order chi connectivity index (χ1) is 14.3. The molecule has 6 nitrogen and oxygen atoms in total. The minimum atomic E-state index is -3.89. The zero-order valence-electron chi connectivity index (χ0n) is 16.3. The number of fused-ring (bicyclic) bond motifs is 3. The van der Waals surface area contributed by atoms with Crippen LogP contribution in [0.25, 0.3) is 11.1 Å². The second-order valence-corrected chi connectivity index (χ2v) is 9.16. The highest BCUT2D eigenvalue weighted by Gasteiger charge is 2.35. The van der Waals surface area contributed by atoms with Gasteiger partial charge in [0.1, 0.15) is 12.3 Å². The molecule has 154 valence electrons. The fourth-order valence-corrected chi connectivity index (χ4v) is 5.40. The number of halogens is 1. The molecule has 1 amide bonds. The molecule has 4 rings (SSSR count). The summed E-state index contributed by atoms with van der Waals surface area (Å²) in [4.78, 5) is 12.9. The van der Waals surface area contributed by atoms with Crippen LogP contribution in [0.15, 0.2) is 65.6 Å². The van der Waals surface area contributed by atoms with Crippen LogP contribution < -0.4 is 14.4 Å². The summed E-state index contributed by atoms with van der Waals surface area (Å²) in [6.45, 7) is 1.58. The number of nitrogens with zero attached hydrogens (tertiary/aromatic N) is 1. The molecule has 0 saturated carbocycles.